The lowest BCUT2D eigenvalue weighted by Gasteiger charge is -2.07. The summed E-state index contributed by atoms with van der Waals surface area (Å²) in [5.74, 6) is -0.135. The Balaban J connectivity index is 2.93. The minimum atomic E-state index is -3.18. The van der Waals surface area contributed by atoms with E-state index in [1.165, 1.54) is 0 Å². The summed E-state index contributed by atoms with van der Waals surface area (Å²) in [5, 5.41) is 9.05. The third-order valence-electron chi connectivity index (χ3n) is 1.48. The van der Waals surface area contributed by atoms with Crippen LogP contribution in [0.5, 0.6) is 0 Å². The van der Waals surface area contributed by atoms with Crippen molar-refractivity contribution in [3.63, 3.8) is 0 Å². The number of alkyl halides is 1. The zero-order chi connectivity index (χ0) is 7.94. The molecule has 3 N–H and O–H groups in total. The molecule has 1 saturated heterocycles. The lowest BCUT2D eigenvalue weighted by Crippen LogP contribution is -2.34. The molecule has 60 valence electrons. The molecule has 0 aromatic heterocycles. The molecule has 0 aromatic rings. The molecule has 1 heterocycles. The number of rotatable bonds is 0. The molecule has 0 amide bonds. The Hall–Kier alpha value is 0.350. The third-order valence-corrected chi connectivity index (χ3v) is 5.54. The quantitative estimate of drug-likeness (QED) is 0.513. The molecule has 4 nitrogen and oxygen atoms in total. The van der Waals surface area contributed by atoms with E-state index in [-0.39, 0.29) is 5.75 Å². The predicted molar refractivity (Wildman–Crippen MR) is 40.5 cm³/mol. The smallest absolute Gasteiger partial charge is 0.167 e. The monoisotopic (exact) mass is 229 g/mol. The number of sulfone groups is 1. The average Bonchev–Trinajstić information content (AvgIpc) is 1.95. The molecular formula is C4H8BrNO3S. The van der Waals surface area contributed by atoms with Crippen molar-refractivity contribution in [1.29, 1.82) is 0 Å². The second-order valence-electron chi connectivity index (χ2n) is 2.34. The molecule has 0 aliphatic carbocycles. The van der Waals surface area contributed by atoms with E-state index in [1.807, 2.05) is 0 Å². The number of hydrogen-bond acceptors (Lipinski definition) is 4. The molecule has 0 saturated carbocycles. The molecule has 1 aliphatic heterocycles. The van der Waals surface area contributed by atoms with Crippen molar-refractivity contribution < 1.29 is 13.5 Å². The highest BCUT2D eigenvalue weighted by Crippen LogP contribution is 2.24. The third kappa shape index (κ3) is 1.20. The fraction of sp³-hybridized carbons (Fsp3) is 1.00. The normalized spacial score (nSPS) is 45.7. The van der Waals surface area contributed by atoms with Gasteiger partial charge in [-0.25, -0.2) is 8.42 Å². The summed E-state index contributed by atoms with van der Waals surface area (Å²) in [6.07, 6.45) is -0.968. The van der Waals surface area contributed by atoms with Gasteiger partial charge in [0, 0.05) is 6.04 Å². The van der Waals surface area contributed by atoms with E-state index in [0.717, 1.165) is 0 Å². The molecule has 0 bridgehead atoms. The van der Waals surface area contributed by atoms with Crippen molar-refractivity contribution in [3.05, 3.63) is 0 Å². The molecule has 1 fully saturated rings. The van der Waals surface area contributed by atoms with Gasteiger partial charge >= 0.3 is 0 Å². The average molecular weight is 230 g/mol. The molecule has 6 heteroatoms. The molecule has 1 aliphatic rings. The van der Waals surface area contributed by atoms with Gasteiger partial charge in [-0.15, -0.1) is 0 Å². The van der Waals surface area contributed by atoms with Crippen molar-refractivity contribution in [3.8, 4) is 0 Å². The van der Waals surface area contributed by atoms with Crippen molar-refractivity contribution >= 4 is 25.8 Å². The highest BCUT2D eigenvalue weighted by molar-refractivity contribution is 9.11. The standard InChI is InChI=1S/C4H8BrNO3S/c5-4-3(7)2(6)1-10(4,8)9/h2-4,7H,1,6H2/t2-,3+,4-/m0/s1. The molecule has 1 rings (SSSR count). The fourth-order valence-electron chi connectivity index (χ4n) is 0.866. The lowest BCUT2D eigenvalue weighted by molar-refractivity contribution is 0.177. The van der Waals surface area contributed by atoms with Gasteiger partial charge in [0.05, 0.1) is 11.9 Å². The second kappa shape index (κ2) is 2.44. The Morgan fingerprint density at radius 2 is 2.10 bits per heavy atom. The van der Waals surface area contributed by atoms with Crippen LogP contribution < -0.4 is 5.73 Å². The van der Waals surface area contributed by atoms with Crippen LogP contribution in [0, 0.1) is 0 Å². The van der Waals surface area contributed by atoms with Gasteiger partial charge in [-0.05, 0) is 0 Å². The molecule has 0 aromatic carbocycles. The van der Waals surface area contributed by atoms with E-state index < -0.39 is 26.1 Å². The Kier molecular flexibility index (Phi) is 2.06. The first-order valence-electron chi connectivity index (χ1n) is 2.74. The van der Waals surface area contributed by atoms with Crippen LogP contribution in [0.25, 0.3) is 0 Å². The van der Waals surface area contributed by atoms with Crippen molar-refractivity contribution in [2.75, 3.05) is 5.75 Å². The fourth-order valence-corrected chi connectivity index (χ4v) is 3.26. The van der Waals surface area contributed by atoms with Crippen LogP contribution in [0.1, 0.15) is 0 Å². The van der Waals surface area contributed by atoms with Crippen LogP contribution in [0.4, 0.5) is 0 Å². The number of aliphatic hydroxyl groups excluding tert-OH is 1. The van der Waals surface area contributed by atoms with E-state index in [4.69, 9.17) is 10.8 Å². The summed E-state index contributed by atoms with van der Waals surface area (Å²) in [6.45, 7) is 0. The van der Waals surface area contributed by atoms with E-state index in [9.17, 15) is 8.42 Å². The van der Waals surface area contributed by atoms with Crippen LogP contribution in [0.15, 0.2) is 0 Å². The number of hydrogen-bond donors (Lipinski definition) is 2. The lowest BCUT2D eigenvalue weighted by atomic mass is 10.2. The summed E-state index contributed by atoms with van der Waals surface area (Å²) < 4.78 is 20.9. The van der Waals surface area contributed by atoms with Crippen LogP contribution in [-0.2, 0) is 9.84 Å². The first-order valence-corrected chi connectivity index (χ1v) is 5.37. The molecule has 0 unspecified atom stereocenters. The summed E-state index contributed by atoms with van der Waals surface area (Å²) in [4.78, 5) is 0. The van der Waals surface area contributed by atoms with E-state index in [2.05, 4.69) is 15.9 Å². The topological polar surface area (TPSA) is 80.4 Å². The number of aliphatic hydroxyl groups is 1. The van der Waals surface area contributed by atoms with Gasteiger partial charge in [0.25, 0.3) is 0 Å². The first-order chi connectivity index (χ1) is 4.45. The maximum Gasteiger partial charge on any atom is 0.167 e. The predicted octanol–water partition coefficient (Wildman–Crippen LogP) is -1.18. The van der Waals surface area contributed by atoms with Gasteiger partial charge in [-0.3, -0.25) is 0 Å². The maximum absolute atomic E-state index is 10.9. The SMILES string of the molecule is N[C@H]1CS(=O)(=O)[C@H](Br)[C@@H]1O. The molecule has 0 spiro atoms. The van der Waals surface area contributed by atoms with Gasteiger partial charge in [0.1, 0.15) is 4.16 Å². The van der Waals surface area contributed by atoms with E-state index in [1.54, 1.807) is 0 Å². The number of halogens is 1. The van der Waals surface area contributed by atoms with Crippen molar-refractivity contribution in [2.24, 2.45) is 5.73 Å². The Morgan fingerprint density at radius 3 is 2.20 bits per heavy atom. The van der Waals surface area contributed by atoms with E-state index >= 15 is 0 Å². The van der Waals surface area contributed by atoms with Gasteiger partial charge in [-0.1, -0.05) is 15.9 Å². The zero-order valence-electron chi connectivity index (χ0n) is 5.07. The van der Waals surface area contributed by atoms with Gasteiger partial charge in [0.15, 0.2) is 9.84 Å². The van der Waals surface area contributed by atoms with Crippen molar-refractivity contribution in [1.82, 2.24) is 0 Å². The van der Waals surface area contributed by atoms with Gasteiger partial charge in [0.2, 0.25) is 0 Å². The van der Waals surface area contributed by atoms with Gasteiger partial charge in [-0.2, -0.15) is 0 Å². The minimum absolute atomic E-state index is 0.135. The molecule has 3 atom stereocenters. The Labute approximate surface area is 67.5 Å². The molecular weight excluding hydrogens is 222 g/mol. The van der Waals surface area contributed by atoms with Crippen LogP contribution in [-0.4, -0.2) is 35.6 Å². The van der Waals surface area contributed by atoms with Crippen LogP contribution in [0.2, 0.25) is 0 Å². The summed E-state index contributed by atoms with van der Waals surface area (Å²) in [6, 6.07) is -0.644. The van der Waals surface area contributed by atoms with Crippen LogP contribution in [0.3, 0.4) is 0 Å². The summed E-state index contributed by atoms with van der Waals surface area (Å²) in [5.41, 5.74) is 5.29. The van der Waals surface area contributed by atoms with E-state index in [0.29, 0.717) is 0 Å². The Bertz CT molecular complexity index is 227. The number of nitrogens with two attached hydrogens (primary N) is 1. The molecule has 10 heavy (non-hydrogen) atoms. The van der Waals surface area contributed by atoms with Crippen LogP contribution >= 0.6 is 15.9 Å². The maximum atomic E-state index is 10.9. The highest BCUT2D eigenvalue weighted by atomic mass is 79.9. The largest absolute Gasteiger partial charge is 0.389 e. The summed E-state index contributed by atoms with van der Waals surface area (Å²) >= 11 is 2.85. The molecule has 0 radical (unpaired) electrons. The zero-order valence-corrected chi connectivity index (χ0v) is 7.47. The first kappa shape index (κ1) is 8.45. The van der Waals surface area contributed by atoms with Crippen molar-refractivity contribution in [2.45, 2.75) is 16.3 Å². The minimum Gasteiger partial charge on any atom is -0.389 e. The second-order valence-corrected chi connectivity index (χ2v) is 6.09. The summed E-state index contributed by atoms with van der Waals surface area (Å²) in [7, 11) is -3.18. The van der Waals surface area contributed by atoms with Gasteiger partial charge < -0.3 is 10.8 Å². The Morgan fingerprint density at radius 1 is 1.60 bits per heavy atom. The highest BCUT2D eigenvalue weighted by Gasteiger charge is 2.42.